The Morgan fingerprint density at radius 1 is 0.875 bits per heavy atom. The van der Waals surface area contributed by atoms with Gasteiger partial charge in [-0.15, -0.1) is 0 Å². The maximum Gasteiger partial charge on any atom is 0.255 e. The molecule has 0 bridgehead atoms. The Hall–Kier alpha value is -3.74. The minimum atomic E-state index is -0.0119. The summed E-state index contributed by atoms with van der Waals surface area (Å²) in [6, 6.07) is 17.7. The summed E-state index contributed by atoms with van der Waals surface area (Å²) in [5.41, 5.74) is 4.53. The molecule has 1 atom stereocenters. The van der Waals surface area contributed by atoms with Crippen molar-refractivity contribution in [2.24, 2.45) is 11.3 Å². The third-order valence-corrected chi connectivity index (χ3v) is 7.58. The molecule has 1 fully saturated rings. The molecule has 4 rings (SSSR count). The Labute approximate surface area is 238 Å². The number of aromatic nitrogens is 1. The van der Waals surface area contributed by atoms with Gasteiger partial charge in [0.05, 0.1) is 25.5 Å². The van der Waals surface area contributed by atoms with Crippen molar-refractivity contribution in [3.8, 4) is 28.4 Å². The van der Waals surface area contributed by atoms with Gasteiger partial charge in [0.25, 0.3) is 5.91 Å². The van der Waals surface area contributed by atoms with Crippen LogP contribution in [0.25, 0.3) is 16.9 Å². The zero-order valence-corrected chi connectivity index (χ0v) is 25.0. The van der Waals surface area contributed by atoms with Gasteiger partial charge >= 0.3 is 0 Å². The van der Waals surface area contributed by atoms with E-state index in [1.807, 2.05) is 71.3 Å². The first-order chi connectivity index (χ1) is 19.0. The van der Waals surface area contributed by atoms with Crippen molar-refractivity contribution in [2.75, 3.05) is 40.4 Å². The van der Waals surface area contributed by atoms with Crippen molar-refractivity contribution >= 4 is 11.8 Å². The Balaban J connectivity index is 1.56. The zero-order valence-electron chi connectivity index (χ0n) is 25.0. The number of amides is 2. The molecule has 1 aliphatic rings. The largest absolute Gasteiger partial charge is 0.497 e. The van der Waals surface area contributed by atoms with E-state index >= 15 is 0 Å². The highest BCUT2D eigenvalue weighted by Gasteiger charge is 2.29. The molecule has 1 aliphatic heterocycles. The fourth-order valence-corrected chi connectivity index (χ4v) is 5.75. The molecular formula is C33H43N3O4. The molecule has 1 aromatic heterocycles. The van der Waals surface area contributed by atoms with Crippen LogP contribution in [0.4, 0.5) is 0 Å². The van der Waals surface area contributed by atoms with Gasteiger partial charge in [0.2, 0.25) is 5.91 Å². The first-order valence-corrected chi connectivity index (χ1v) is 14.1. The van der Waals surface area contributed by atoms with Crippen molar-refractivity contribution < 1.29 is 19.1 Å². The lowest BCUT2D eigenvalue weighted by Gasteiger charge is -2.35. The number of hydrogen-bond donors (Lipinski definition) is 0. The Morgan fingerprint density at radius 2 is 1.50 bits per heavy atom. The van der Waals surface area contributed by atoms with Crippen molar-refractivity contribution in [1.29, 1.82) is 0 Å². The van der Waals surface area contributed by atoms with Crippen LogP contribution in [-0.2, 0) is 4.79 Å². The highest BCUT2D eigenvalue weighted by Crippen LogP contribution is 2.33. The maximum atomic E-state index is 13.8. The maximum absolute atomic E-state index is 13.8. The number of benzene rings is 2. The predicted octanol–water partition coefficient (Wildman–Crippen LogP) is 6.22. The lowest BCUT2D eigenvalue weighted by atomic mass is 9.84. The molecule has 2 amide bonds. The third kappa shape index (κ3) is 6.69. The molecular weight excluding hydrogens is 502 g/mol. The summed E-state index contributed by atoms with van der Waals surface area (Å²) in [4.78, 5) is 30.6. The SMILES string of the molecule is COc1ccc(-c2cc(C(=O)N3CCN(C(=O)CC(C)CC(C)(C)C)CC3)c(C)n2-c2cccc(OC)c2)cc1. The molecule has 40 heavy (non-hydrogen) atoms. The van der Waals surface area contributed by atoms with Gasteiger partial charge in [-0.3, -0.25) is 9.59 Å². The number of hydrogen-bond acceptors (Lipinski definition) is 4. The van der Waals surface area contributed by atoms with Crippen LogP contribution in [-0.4, -0.2) is 66.6 Å². The number of rotatable bonds is 8. The van der Waals surface area contributed by atoms with Crippen LogP contribution < -0.4 is 9.47 Å². The second kappa shape index (κ2) is 12.2. The van der Waals surface area contributed by atoms with E-state index in [4.69, 9.17) is 9.47 Å². The van der Waals surface area contributed by atoms with E-state index in [0.29, 0.717) is 44.1 Å². The van der Waals surface area contributed by atoms with Crippen LogP contribution in [0.15, 0.2) is 54.6 Å². The molecule has 2 heterocycles. The second-order valence-corrected chi connectivity index (χ2v) is 12.0. The standard InChI is InChI=1S/C33H43N3O4/c1-23(22-33(3,4)5)19-31(37)34-15-17-35(18-16-34)32(38)29-21-30(25-11-13-27(39-6)14-12-25)36(24(29)2)26-9-8-10-28(20-26)40-7/h8-14,20-21,23H,15-19,22H2,1-7H3. The molecule has 0 N–H and O–H groups in total. The summed E-state index contributed by atoms with van der Waals surface area (Å²) in [5.74, 6) is 2.03. The van der Waals surface area contributed by atoms with Crippen LogP contribution in [0.5, 0.6) is 11.5 Å². The molecule has 0 saturated carbocycles. The van der Waals surface area contributed by atoms with Crippen molar-refractivity contribution in [2.45, 2.75) is 47.5 Å². The number of piperazine rings is 1. The Morgan fingerprint density at radius 3 is 2.10 bits per heavy atom. The molecule has 2 aromatic carbocycles. The molecule has 1 saturated heterocycles. The molecule has 7 nitrogen and oxygen atoms in total. The summed E-state index contributed by atoms with van der Waals surface area (Å²) >= 11 is 0. The van der Waals surface area contributed by atoms with E-state index in [-0.39, 0.29) is 17.2 Å². The minimum absolute atomic E-state index is 0.0119. The number of ether oxygens (including phenoxy) is 2. The van der Waals surface area contributed by atoms with E-state index in [2.05, 4.69) is 32.3 Å². The fourth-order valence-electron chi connectivity index (χ4n) is 5.75. The number of carbonyl (C=O) groups is 2. The highest BCUT2D eigenvalue weighted by atomic mass is 16.5. The van der Waals surface area contributed by atoms with Crippen molar-refractivity contribution in [3.05, 3.63) is 65.9 Å². The Bertz CT molecular complexity index is 1330. The fraction of sp³-hybridized carbons (Fsp3) is 0.455. The van der Waals surface area contributed by atoms with E-state index in [1.165, 1.54) is 0 Å². The lowest BCUT2D eigenvalue weighted by Crippen LogP contribution is -2.50. The average Bonchev–Trinajstić information content (AvgIpc) is 3.28. The molecule has 0 aliphatic carbocycles. The number of methoxy groups -OCH3 is 2. The second-order valence-electron chi connectivity index (χ2n) is 12.0. The van der Waals surface area contributed by atoms with Crippen LogP contribution >= 0.6 is 0 Å². The zero-order chi connectivity index (χ0) is 29.0. The Kier molecular flexibility index (Phi) is 8.92. The number of nitrogens with zero attached hydrogens (tertiary/aromatic N) is 3. The molecule has 3 aromatic rings. The van der Waals surface area contributed by atoms with Crippen molar-refractivity contribution in [1.82, 2.24) is 14.4 Å². The summed E-state index contributed by atoms with van der Waals surface area (Å²) in [7, 11) is 3.30. The van der Waals surface area contributed by atoms with Gasteiger partial charge in [0.15, 0.2) is 0 Å². The van der Waals surface area contributed by atoms with E-state index < -0.39 is 0 Å². The smallest absolute Gasteiger partial charge is 0.255 e. The monoisotopic (exact) mass is 545 g/mol. The van der Waals surface area contributed by atoms with Crippen LogP contribution in [0.2, 0.25) is 0 Å². The van der Waals surface area contributed by atoms with Crippen LogP contribution in [0.3, 0.4) is 0 Å². The third-order valence-electron chi connectivity index (χ3n) is 7.58. The van der Waals surface area contributed by atoms with E-state index in [9.17, 15) is 9.59 Å². The van der Waals surface area contributed by atoms with Gasteiger partial charge < -0.3 is 23.8 Å². The van der Waals surface area contributed by atoms with Crippen LogP contribution in [0, 0.1) is 18.3 Å². The van der Waals surface area contributed by atoms with E-state index in [0.717, 1.165) is 40.6 Å². The van der Waals surface area contributed by atoms with Crippen LogP contribution in [0.1, 0.15) is 56.6 Å². The molecule has 7 heteroatoms. The average molecular weight is 546 g/mol. The summed E-state index contributed by atoms with van der Waals surface area (Å²) in [6.45, 7) is 12.9. The quantitative estimate of drug-likeness (QED) is 0.337. The normalized spacial score (nSPS) is 14.7. The first-order valence-electron chi connectivity index (χ1n) is 14.1. The van der Waals surface area contributed by atoms with Crippen molar-refractivity contribution in [3.63, 3.8) is 0 Å². The summed E-state index contributed by atoms with van der Waals surface area (Å²) < 4.78 is 12.9. The van der Waals surface area contributed by atoms with Gasteiger partial charge in [-0.1, -0.05) is 33.8 Å². The van der Waals surface area contributed by atoms with E-state index in [1.54, 1.807) is 14.2 Å². The highest BCUT2D eigenvalue weighted by molar-refractivity contribution is 5.97. The molecule has 214 valence electrons. The minimum Gasteiger partial charge on any atom is -0.497 e. The summed E-state index contributed by atoms with van der Waals surface area (Å²) in [5, 5.41) is 0. The van der Waals surface area contributed by atoms with Gasteiger partial charge in [-0.2, -0.15) is 0 Å². The summed E-state index contributed by atoms with van der Waals surface area (Å²) in [6.07, 6.45) is 1.57. The first kappa shape index (κ1) is 29.2. The number of carbonyl (C=O) groups excluding carboxylic acids is 2. The van der Waals surface area contributed by atoms with Gasteiger partial charge in [0.1, 0.15) is 11.5 Å². The van der Waals surface area contributed by atoms with Gasteiger partial charge in [0, 0.05) is 50.0 Å². The molecule has 0 spiro atoms. The topological polar surface area (TPSA) is 64.0 Å². The lowest BCUT2D eigenvalue weighted by molar-refractivity contribution is -0.133. The predicted molar refractivity (Wildman–Crippen MR) is 159 cm³/mol. The van der Waals surface area contributed by atoms with Gasteiger partial charge in [-0.05, 0) is 72.7 Å². The molecule has 0 radical (unpaired) electrons. The molecule has 1 unspecified atom stereocenters. The van der Waals surface area contributed by atoms with Gasteiger partial charge in [-0.25, -0.2) is 0 Å².